The number of nitrogens with zero attached hydrogens (tertiary/aromatic N) is 2. The summed E-state index contributed by atoms with van der Waals surface area (Å²) in [5, 5.41) is 3.09. The molecule has 6 heteroatoms. The fourth-order valence-corrected chi connectivity index (χ4v) is 1.91. The summed E-state index contributed by atoms with van der Waals surface area (Å²) in [5.41, 5.74) is 0. The monoisotopic (exact) mass is 343 g/mol. The molecule has 3 nitrogen and oxygen atoms in total. The average Bonchev–Trinajstić information content (AvgIpc) is 2.73. The number of rotatable bonds is 3. The standard InChI is InChI=1S/C8H8Cl2IN3/c9-8(10)1-5(8)2-12-7-13-3-6(11)4-14-7/h3-5H,1-2H2,(H,12,13,14). The maximum Gasteiger partial charge on any atom is 0.222 e. The summed E-state index contributed by atoms with van der Waals surface area (Å²) in [5.74, 6) is 0.940. The number of halogens is 3. The number of anilines is 1. The highest BCUT2D eigenvalue weighted by molar-refractivity contribution is 14.1. The van der Waals surface area contributed by atoms with Crippen LogP contribution in [0.15, 0.2) is 12.4 Å². The first-order valence-electron chi connectivity index (χ1n) is 4.17. The number of aromatic nitrogens is 2. The Labute approximate surface area is 106 Å². The van der Waals surface area contributed by atoms with Gasteiger partial charge in [0.15, 0.2) is 0 Å². The molecule has 0 aromatic carbocycles. The van der Waals surface area contributed by atoms with Gasteiger partial charge in [0.2, 0.25) is 5.95 Å². The van der Waals surface area contributed by atoms with Gasteiger partial charge in [0, 0.05) is 28.4 Å². The van der Waals surface area contributed by atoms with E-state index < -0.39 is 4.33 Å². The van der Waals surface area contributed by atoms with E-state index in [1.807, 2.05) is 0 Å². The molecule has 1 aliphatic carbocycles. The van der Waals surface area contributed by atoms with E-state index in [0.29, 0.717) is 11.9 Å². The first-order valence-corrected chi connectivity index (χ1v) is 6.00. The second-order valence-electron chi connectivity index (χ2n) is 3.27. The normalized spacial score (nSPS) is 23.2. The Kier molecular flexibility index (Phi) is 3.04. The zero-order chi connectivity index (χ0) is 10.2. The molecule has 1 fully saturated rings. The third-order valence-electron chi connectivity index (χ3n) is 2.08. The second-order valence-corrected chi connectivity index (χ2v) is 6.06. The summed E-state index contributed by atoms with van der Waals surface area (Å²) in [6.45, 7) is 0.730. The number of alkyl halides is 2. The van der Waals surface area contributed by atoms with E-state index in [1.165, 1.54) is 0 Å². The lowest BCUT2D eigenvalue weighted by molar-refractivity contribution is 0.860. The van der Waals surface area contributed by atoms with Gasteiger partial charge in [-0.1, -0.05) is 0 Å². The molecule has 0 radical (unpaired) electrons. The highest BCUT2D eigenvalue weighted by Crippen LogP contribution is 2.52. The summed E-state index contributed by atoms with van der Waals surface area (Å²) in [6, 6.07) is 0. The van der Waals surface area contributed by atoms with E-state index in [-0.39, 0.29) is 0 Å². The van der Waals surface area contributed by atoms with Crippen LogP contribution in [0.2, 0.25) is 0 Å². The predicted octanol–water partition coefficient (Wildman–Crippen LogP) is 2.69. The van der Waals surface area contributed by atoms with E-state index in [4.69, 9.17) is 23.2 Å². The second kappa shape index (κ2) is 3.98. The molecule has 1 saturated carbocycles. The van der Waals surface area contributed by atoms with Gasteiger partial charge in [0.05, 0.1) is 0 Å². The molecule has 14 heavy (non-hydrogen) atoms. The Morgan fingerprint density at radius 1 is 1.50 bits per heavy atom. The van der Waals surface area contributed by atoms with Crippen molar-refractivity contribution in [2.24, 2.45) is 5.92 Å². The molecule has 0 saturated heterocycles. The van der Waals surface area contributed by atoms with Crippen molar-refractivity contribution in [3.05, 3.63) is 16.0 Å². The van der Waals surface area contributed by atoms with Gasteiger partial charge in [-0.15, -0.1) is 23.2 Å². The van der Waals surface area contributed by atoms with Crippen LogP contribution in [-0.4, -0.2) is 20.8 Å². The van der Waals surface area contributed by atoms with Crippen LogP contribution in [-0.2, 0) is 0 Å². The van der Waals surface area contributed by atoms with Gasteiger partial charge in [0.1, 0.15) is 4.33 Å². The van der Waals surface area contributed by atoms with Crippen LogP contribution in [0, 0.1) is 9.49 Å². The molecule has 2 rings (SSSR count). The molecule has 1 N–H and O–H groups in total. The highest BCUT2D eigenvalue weighted by Gasteiger charge is 2.51. The number of hydrogen-bond donors (Lipinski definition) is 1. The summed E-state index contributed by atoms with van der Waals surface area (Å²) < 4.78 is 0.486. The fourth-order valence-electron chi connectivity index (χ4n) is 1.11. The molecular formula is C8H8Cl2IN3. The van der Waals surface area contributed by atoms with Crippen LogP contribution in [0.25, 0.3) is 0 Å². The molecule has 0 spiro atoms. The van der Waals surface area contributed by atoms with Gasteiger partial charge < -0.3 is 5.32 Å². The smallest absolute Gasteiger partial charge is 0.222 e. The van der Waals surface area contributed by atoms with Gasteiger partial charge in [0.25, 0.3) is 0 Å². The summed E-state index contributed by atoms with van der Waals surface area (Å²) in [4.78, 5) is 8.22. The van der Waals surface area contributed by atoms with Crippen molar-refractivity contribution in [3.63, 3.8) is 0 Å². The Hall–Kier alpha value is 0.190. The van der Waals surface area contributed by atoms with Crippen LogP contribution in [0.5, 0.6) is 0 Å². The van der Waals surface area contributed by atoms with Crippen molar-refractivity contribution >= 4 is 51.7 Å². The van der Waals surface area contributed by atoms with Crippen LogP contribution >= 0.6 is 45.8 Å². The SMILES string of the molecule is ClC1(Cl)CC1CNc1ncc(I)cn1. The highest BCUT2D eigenvalue weighted by atomic mass is 127. The maximum atomic E-state index is 5.88. The molecule has 1 aliphatic rings. The quantitative estimate of drug-likeness (QED) is 0.677. The molecule has 0 bridgehead atoms. The zero-order valence-electron chi connectivity index (χ0n) is 7.17. The lowest BCUT2D eigenvalue weighted by Gasteiger charge is -2.03. The molecule has 1 aromatic rings. The third kappa shape index (κ3) is 2.61. The van der Waals surface area contributed by atoms with Crippen molar-refractivity contribution in [2.45, 2.75) is 10.8 Å². The van der Waals surface area contributed by atoms with E-state index in [2.05, 4.69) is 37.9 Å². The molecule has 76 valence electrons. The van der Waals surface area contributed by atoms with Gasteiger partial charge in [-0.3, -0.25) is 0 Å². The van der Waals surface area contributed by atoms with Crippen molar-refractivity contribution in [2.75, 3.05) is 11.9 Å². The van der Waals surface area contributed by atoms with E-state index in [9.17, 15) is 0 Å². The summed E-state index contributed by atoms with van der Waals surface area (Å²) in [6.07, 6.45) is 4.36. The van der Waals surface area contributed by atoms with Crippen LogP contribution < -0.4 is 5.32 Å². The topological polar surface area (TPSA) is 37.8 Å². The average molecular weight is 344 g/mol. The molecular weight excluding hydrogens is 336 g/mol. The van der Waals surface area contributed by atoms with Crippen molar-refractivity contribution < 1.29 is 0 Å². The first-order chi connectivity index (χ1) is 6.58. The number of hydrogen-bond acceptors (Lipinski definition) is 3. The van der Waals surface area contributed by atoms with Gasteiger partial charge >= 0.3 is 0 Å². The third-order valence-corrected chi connectivity index (χ3v) is 3.57. The van der Waals surface area contributed by atoms with Gasteiger partial charge in [-0.2, -0.15) is 0 Å². The Balaban J connectivity index is 1.84. The van der Waals surface area contributed by atoms with E-state index in [0.717, 1.165) is 16.5 Å². The number of nitrogens with one attached hydrogen (secondary N) is 1. The zero-order valence-corrected chi connectivity index (χ0v) is 10.8. The molecule has 1 atom stereocenters. The van der Waals surface area contributed by atoms with Crippen LogP contribution in [0.1, 0.15) is 6.42 Å². The Bertz CT molecular complexity index is 328. The fraction of sp³-hybridized carbons (Fsp3) is 0.500. The predicted molar refractivity (Wildman–Crippen MR) is 65.8 cm³/mol. The van der Waals surface area contributed by atoms with Gasteiger partial charge in [-0.05, 0) is 29.0 Å². The minimum Gasteiger partial charge on any atom is -0.354 e. The molecule has 1 unspecified atom stereocenters. The van der Waals surface area contributed by atoms with Crippen molar-refractivity contribution in [1.82, 2.24) is 9.97 Å². The lowest BCUT2D eigenvalue weighted by atomic mass is 10.4. The minimum absolute atomic E-state index is 0.314. The van der Waals surface area contributed by atoms with E-state index >= 15 is 0 Å². The largest absolute Gasteiger partial charge is 0.354 e. The lowest BCUT2D eigenvalue weighted by Crippen LogP contribution is -2.09. The molecule has 0 amide bonds. The molecule has 0 aliphatic heterocycles. The van der Waals surface area contributed by atoms with Crippen LogP contribution in [0.4, 0.5) is 5.95 Å². The van der Waals surface area contributed by atoms with Gasteiger partial charge in [-0.25, -0.2) is 9.97 Å². The Morgan fingerprint density at radius 2 is 2.07 bits per heavy atom. The van der Waals surface area contributed by atoms with Crippen LogP contribution in [0.3, 0.4) is 0 Å². The van der Waals surface area contributed by atoms with E-state index in [1.54, 1.807) is 12.4 Å². The molecule has 1 aromatic heterocycles. The maximum absolute atomic E-state index is 5.88. The minimum atomic E-state index is -0.532. The Morgan fingerprint density at radius 3 is 2.57 bits per heavy atom. The summed E-state index contributed by atoms with van der Waals surface area (Å²) in [7, 11) is 0. The van der Waals surface area contributed by atoms with Crippen molar-refractivity contribution in [1.29, 1.82) is 0 Å². The molecule has 1 heterocycles. The first kappa shape index (κ1) is 10.7. The summed E-state index contributed by atoms with van der Waals surface area (Å²) >= 11 is 13.9. The van der Waals surface area contributed by atoms with Crippen molar-refractivity contribution in [3.8, 4) is 0 Å².